The zero-order valence-corrected chi connectivity index (χ0v) is 16.8. The van der Waals surface area contributed by atoms with Crippen LogP contribution in [0.3, 0.4) is 0 Å². The minimum atomic E-state index is -1.11. The van der Waals surface area contributed by atoms with Crippen molar-refractivity contribution in [1.82, 2.24) is 10.6 Å². The van der Waals surface area contributed by atoms with E-state index in [1.807, 2.05) is 6.92 Å². The number of amides is 2. The molecule has 156 valence electrons. The van der Waals surface area contributed by atoms with Gasteiger partial charge in [-0.2, -0.15) is 0 Å². The molecule has 6 N–H and O–H groups in total. The Labute approximate surface area is 165 Å². The molecule has 1 aromatic carbocycles. The molecule has 0 radical (unpaired) electrons. The molecular weight excluding hydrogens is 362 g/mol. The Bertz CT molecular complexity index is 675. The number of aromatic hydroxyl groups is 1. The largest absolute Gasteiger partial charge is 0.508 e. The van der Waals surface area contributed by atoms with Crippen LogP contribution < -0.4 is 16.4 Å². The lowest BCUT2D eigenvalue weighted by Gasteiger charge is -2.27. The lowest BCUT2D eigenvalue weighted by molar-refractivity contribution is -0.144. The van der Waals surface area contributed by atoms with Gasteiger partial charge in [0.25, 0.3) is 0 Å². The molecule has 8 nitrogen and oxygen atoms in total. The fourth-order valence-electron chi connectivity index (χ4n) is 2.70. The summed E-state index contributed by atoms with van der Waals surface area (Å²) < 4.78 is 0. The molecule has 0 aliphatic rings. The van der Waals surface area contributed by atoms with E-state index in [1.54, 1.807) is 32.9 Å². The Morgan fingerprint density at radius 3 is 2.00 bits per heavy atom. The molecule has 0 aliphatic heterocycles. The summed E-state index contributed by atoms with van der Waals surface area (Å²) in [5, 5.41) is 23.8. The van der Waals surface area contributed by atoms with Gasteiger partial charge in [0.05, 0.1) is 6.04 Å². The van der Waals surface area contributed by atoms with E-state index in [0.717, 1.165) is 5.56 Å². The SMILES string of the molecule is CCC(C)C(NC(=O)C(NC(=O)C(N)Cc1ccc(O)cc1)C(C)C)C(=O)O. The van der Waals surface area contributed by atoms with E-state index < -0.39 is 35.9 Å². The molecule has 0 fully saturated rings. The normalized spacial score (nSPS) is 15.4. The van der Waals surface area contributed by atoms with Gasteiger partial charge in [-0.05, 0) is 36.0 Å². The number of aliphatic carboxylic acids is 1. The van der Waals surface area contributed by atoms with Gasteiger partial charge in [0.15, 0.2) is 0 Å². The highest BCUT2D eigenvalue weighted by Gasteiger charge is 2.31. The average molecular weight is 393 g/mol. The number of carboxylic acid groups (broad SMARTS) is 1. The maximum atomic E-state index is 12.6. The third-order valence-electron chi connectivity index (χ3n) is 4.75. The van der Waals surface area contributed by atoms with Crippen LogP contribution in [0.4, 0.5) is 0 Å². The van der Waals surface area contributed by atoms with Crippen LogP contribution in [0.25, 0.3) is 0 Å². The minimum Gasteiger partial charge on any atom is -0.508 e. The molecular formula is C20H31N3O5. The molecule has 0 saturated carbocycles. The van der Waals surface area contributed by atoms with E-state index >= 15 is 0 Å². The van der Waals surface area contributed by atoms with Crippen molar-refractivity contribution in [2.75, 3.05) is 0 Å². The lowest BCUT2D eigenvalue weighted by Crippen LogP contribution is -2.57. The Morgan fingerprint density at radius 2 is 1.54 bits per heavy atom. The first-order valence-electron chi connectivity index (χ1n) is 9.43. The second kappa shape index (κ2) is 10.7. The van der Waals surface area contributed by atoms with Gasteiger partial charge in [0.1, 0.15) is 17.8 Å². The Hall–Kier alpha value is -2.61. The van der Waals surface area contributed by atoms with Crippen LogP contribution in [0.15, 0.2) is 24.3 Å². The van der Waals surface area contributed by atoms with E-state index in [0.29, 0.717) is 6.42 Å². The highest BCUT2D eigenvalue weighted by molar-refractivity contribution is 5.92. The summed E-state index contributed by atoms with van der Waals surface area (Å²) in [5.41, 5.74) is 6.73. The Kier molecular flexibility index (Phi) is 8.91. The van der Waals surface area contributed by atoms with Crippen LogP contribution >= 0.6 is 0 Å². The van der Waals surface area contributed by atoms with Crippen molar-refractivity contribution < 1.29 is 24.6 Å². The van der Waals surface area contributed by atoms with E-state index in [9.17, 15) is 24.6 Å². The summed E-state index contributed by atoms with van der Waals surface area (Å²) in [4.78, 5) is 36.5. The lowest BCUT2D eigenvalue weighted by atomic mass is 9.97. The van der Waals surface area contributed by atoms with Gasteiger partial charge >= 0.3 is 5.97 Å². The van der Waals surface area contributed by atoms with Gasteiger partial charge in [0, 0.05) is 0 Å². The fraction of sp³-hybridized carbons (Fsp3) is 0.550. The molecule has 0 aromatic heterocycles. The van der Waals surface area contributed by atoms with Crippen molar-refractivity contribution >= 4 is 17.8 Å². The van der Waals surface area contributed by atoms with Crippen molar-refractivity contribution in [3.63, 3.8) is 0 Å². The molecule has 0 aliphatic carbocycles. The quantitative estimate of drug-likeness (QED) is 0.402. The van der Waals surface area contributed by atoms with Crippen LogP contribution in [0.2, 0.25) is 0 Å². The molecule has 0 spiro atoms. The fourth-order valence-corrected chi connectivity index (χ4v) is 2.70. The first kappa shape index (κ1) is 23.4. The van der Waals surface area contributed by atoms with Crippen LogP contribution in [0.1, 0.15) is 39.7 Å². The van der Waals surface area contributed by atoms with E-state index in [1.165, 1.54) is 12.1 Å². The van der Waals surface area contributed by atoms with Crippen LogP contribution in [0.5, 0.6) is 5.75 Å². The monoisotopic (exact) mass is 393 g/mol. The van der Waals surface area contributed by atoms with Gasteiger partial charge < -0.3 is 26.6 Å². The standard InChI is InChI=1S/C20H31N3O5/c1-5-12(4)17(20(27)28)23-19(26)16(11(2)3)22-18(25)15(21)10-13-6-8-14(24)9-7-13/h6-9,11-12,15-17,24H,5,10,21H2,1-4H3,(H,22,25)(H,23,26)(H,27,28). The van der Waals surface area contributed by atoms with Crippen LogP contribution in [-0.2, 0) is 20.8 Å². The van der Waals surface area contributed by atoms with Crippen molar-refractivity contribution in [3.8, 4) is 5.75 Å². The van der Waals surface area contributed by atoms with Crippen molar-refractivity contribution in [1.29, 1.82) is 0 Å². The zero-order valence-electron chi connectivity index (χ0n) is 16.8. The predicted octanol–water partition coefficient (Wildman–Crippen LogP) is 1.02. The summed E-state index contributed by atoms with van der Waals surface area (Å²) in [6.45, 7) is 7.11. The summed E-state index contributed by atoms with van der Waals surface area (Å²) >= 11 is 0. The first-order valence-corrected chi connectivity index (χ1v) is 9.43. The van der Waals surface area contributed by atoms with Crippen LogP contribution in [-0.4, -0.2) is 46.1 Å². The number of hydrogen-bond acceptors (Lipinski definition) is 5. The minimum absolute atomic E-state index is 0.118. The highest BCUT2D eigenvalue weighted by atomic mass is 16.4. The van der Waals surface area contributed by atoms with Gasteiger partial charge in [-0.15, -0.1) is 0 Å². The molecule has 1 rings (SSSR count). The Balaban J connectivity index is 2.79. The molecule has 8 heteroatoms. The van der Waals surface area contributed by atoms with Gasteiger partial charge in [-0.3, -0.25) is 9.59 Å². The van der Waals surface area contributed by atoms with Gasteiger partial charge in [0.2, 0.25) is 11.8 Å². The van der Waals surface area contributed by atoms with Gasteiger partial charge in [-0.1, -0.05) is 46.2 Å². The third kappa shape index (κ3) is 6.84. The molecule has 1 aromatic rings. The number of carbonyl (C=O) groups is 3. The van der Waals surface area contributed by atoms with Gasteiger partial charge in [-0.25, -0.2) is 4.79 Å². The molecule has 0 heterocycles. The number of phenols is 1. The zero-order chi connectivity index (χ0) is 21.4. The molecule has 28 heavy (non-hydrogen) atoms. The summed E-state index contributed by atoms with van der Waals surface area (Å²) in [6, 6.07) is 3.53. The molecule has 4 unspecified atom stereocenters. The maximum Gasteiger partial charge on any atom is 0.326 e. The third-order valence-corrected chi connectivity index (χ3v) is 4.75. The number of carbonyl (C=O) groups excluding carboxylic acids is 2. The van der Waals surface area contributed by atoms with Crippen LogP contribution in [0, 0.1) is 11.8 Å². The molecule has 0 bridgehead atoms. The molecule has 2 amide bonds. The molecule has 0 saturated heterocycles. The van der Waals surface area contributed by atoms with Crippen molar-refractivity contribution in [3.05, 3.63) is 29.8 Å². The number of nitrogens with one attached hydrogen (secondary N) is 2. The number of carboxylic acids is 1. The maximum absolute atomic E-state index is 12.6. The van der Waals surface area contributed by atoms with E-state index in [4.69, 9.17) is 5.73 Å². The summed E-state index contributed by atoms with van der Waals surface area (Å²) in [6.07, 6.45) is 0.830. The van der Waals surface area contributed by atoms with E-state index in [-0.39, 0.29) is 24.0 Å². The van der Waals surface area contributed by atoms with Crippen molar-refractivity contribution in [2.45, 2.75) is 58.7 Å². The van der Waals surface area contributed by atoms with Crippen molar-refractivity contribution in [2.24, 2.45) is 17.6 Å². The highest BCUT2D eigenvalue weighted by Crippen LogP contribution is 2.12. The number of hydrogen-bond donors (Lipinski definition) is 5. The number of benzene rings is 1. The first-order chi connectivity index (χ1) is 13.1. The topological polar surface area (TPSA) is 142 Å². The number of phenolic OH excluding ortho intramolecular Hbond substituents is 1. The molecule has 4 atom stereocenters. The summed E-state index contributed by atoms with van der Waals surface area (Å²) in [7, 11) is 0. The predicted molar refractivity (Wildman–Crippen MR) is 106 cm³/mol. The second-order valence-corrected chi connectivity index (χ2v) is 7.42. The second-order valence-electron chi connectivity index (χ2n) is 7.42. The number of rotatable bonds is 10. The summed E-state index contributed by atoms with van der Waals surface area (Å²) in [5.74, 6) is -2.55. The smallest absolute Gasteiger partial charge is 0.326 e. The van der Waals surface area contributed by atoms with E-state index in [2.05, 4.69) is 10.6 Å². The number of nitrogens with two attached hydrogens (primary N) is 1. The average Bonchev–Trinajstić information content (AvgIpc) is 2.64. The Morgan fingerprint density at radius 1 is 1.00 bits per heavy atom.